The Balaban J connectivity index is 0.00000726. The quantitative estimate of drug-likeness (QED) is 0.115. The first-order chi connectivity index (χ1) is 28.0. The van der Waals surface area contributed by atoms with Crippen molar-refractivity contribution in [3.8, 4) is 0 Å². The molecule has 0 radical (unpaired) electrons. The molecule has 0 N–H and O–H groups in total. The van der Waals surface area contributed by atoms with Gasteiger partial charge in [0, 0.05) is 0 Å². The van der Waals surface area contributed by atoms with Crippen molar-refractivity contribution in [2.24, 2.45) is 0 Å². The topological polar surface area (TPSA) is 0 Å². The molecular weight excluding hydrogens is 877 g/mol. The van der Waals surface area contributed by atoms with E-state index >= 15 is 79.0 Å². The SMILES string of the molecule is FC(F)(F)c1ccccc1[P-](c1ccccc1C(F)(F)F)(c1ccccc1C(F)(F)F)(c1ccccc1C(F)(F)F)(c1ccccc1C(F)(F)F)c1ccccc1C(F)(F)F.[H+]. The van der Waals surface area contributed by atoms with Crippen LogP contribution in [0.2, 0.25) is 0 Å². The molecule has 6 rings (SSSR count). The van der Waals surface area contributed by atoms with Gasteiger partial charge in [-0.3, -0.25) is 0 Å². The minimum Gasteiger partial charge on any atom is 1.00 e. The monoisotopic (exact) mass is 902 g/mol. The molecule has 6 aromatic rings. The molecule has 0 aromatic heterocycles. The maximum atomic E-state index is 16.1. The smallest absolute Gasteiger partial charge is 1.00 e. The average molecular weight is 903 g/mol. The van der Waals surface area contributed by atoms with Crippen LogP contribution in [0.25, 0.3) is 0 Å². The summed E-state index contributed by atoms with van der Waals surface area (Å²) in [6.45, 7) is 0. The molecule has 19 heteroatoms. The summed E-state index contributed by atoms with van der Waals surface area (Å²) in [4.78, 5) is 0. The standard InChI is InChI=1S/C42H24F18P/c43-37(44,45)25-13-1-7-19-31(25)61(32-20-8-2-14-26(32)38(46,47)48,33-21-9-3-15-27(33)39(49,50)51,34-22-10-4-16-28(34)40(52,53)54,35-23-11-5-17-29(35)41(55,56)57)36-24-12-6-18-30(36)42(58,59)60/h1-24H/q-1/p+1. The third kappa shape index (κ3) is 6.13. The fraction of sp³-hybridized carbons (Fsp3) is 0.143. The maximum Gasteiger partial charge on any atom is 1.00 e. The molecule has 0 aliphatic heterocycles. The van der Waals surface area contributed by atoms with Crippen molar-refractivity contribution in [1.29, 1.82) is 0 Å². The van der Waals surface area contributed by atoms with Crippen LogP contribution in [0.15, 0.2) is 146 Å². The maximum absolute atomic E-state index is 16.1. The summed E-state index contributed by atoms with van der Waals surface area (Å²) < 4.78 is 289. The van der Waals surface area contributed by atoms with E-state index in [2.05, 4.69) is 0 Å². The van der Waals surface area contributed by atoms with Crippen molar-refractivity contribution >= 4 is 37.8 Å². The second kappa shape index (κ2) is 14.0. The summed E-state index contributed by atoms with van der Waals surface area (Å²) >= 11 is 0. The van der Waals surface area contributed by atoms with Crippen LogP contribution in [0.4, 0.5) is 79.0 Å². The third-order valence-electron chi connectivity index (χ3n) is 10.9. The van der Waals surface area contributed by atoms with Gasteiger partial charge in [-0.15, -0.1) is 0 Å². The van der Waals surface area contributed by atoms with Gasteiger partial charge in [0.05, 0.1) is 0 Å². The molecule has 0 aliphatic carbocycles. The second-order valence-electron chi connectivity index (χ2n) is 13.8. The van der Waals surface area contributed by atoms with Crippen LogP contribution in [-0.4, -0.2) is 0 Å². The predicted molar refractivity (Wildman–Crippen MR) is 194 cm³/mol. The molecular formula is C42H25F18P. The van der Waals surface area contributed by atoms with Crippen LogP contribution >= 0.6 is 5.94 Å². The zero-order valence-electron chi connectivity index (χ0n) is 31.1. The zero-order valence-corrected chi connectivity index (χ0v) is 31.0. The summed E-state index contributed by atoms with van der Waals surface area (Å²) in [6.07, 6.45) is -37.0. The average Bonchev–Trinajstić information content (AvgIpc) is 3.18. The van der Waals surface area contributed by atoms with Crippen LogP contribution in [0.1, 0.15) is 34.8 Å². The van der Waals surface area contributed by atoms with Crippen molar-refractivity contribution in [2.75, 3.05) is 0 Å². The van der Waals surface area contributed by atoms with Gasteiger partial charge in [0.2, 0.25) is 0 Å². The molecule has 0 spiro atoms. The number of hydrogen-bond donors (Lipinski definition) is 0. The Hall–Kier alpha value is -5.51. The molecule has 0 amide bonds. The number of benzene rings is 6. The van der Waals surface area contributed by atoms with Crippen molar-refractivity contribution < 1.29 is 80.5 Å². The third-order valence-corrected chi connectivity index (χ3v) is 20.4. The summed E-state index contributed by atoms with van der Waals surface area (Å²) in [5.74, 6) is -9.97. The molecule has 0 heterocycles. The Kier molecular flexibility index (Phi) is 10.3. The van der Waals surface area contributed by atoms with Gasteiger partial charge in [-0.2, -0.15) is 0 Å². The number of alkyl halides is 18. The first-order valence-electron chi connectivity index (χ1n) is 17.2. The van der Waals surface area contributed by atoms with E-state index in [0.717, 1.165) is 0 Å². The van der Waals surface area contributed by atoms with E-state index in [0.29, 0.717) is 72.8 Å². The molecule has 0 saturated heterocycles. The molecule has 0 aliphatic rings. The molecule has 61 heavy (non-hydrogen) atoms. The zero-order chi connectivity index (χ0) is 45.3. The van der Waals surface area contributed by atoms with E-state index in [-0.39, 0.29) is 74.2 Å². The van der Waals surface area contributed by atoms with Gasteiger partial charge in [-0.1, -0.05) is 0 Å². The van der Waals surface area contributed by atoms with Gasteiger partial charge in [0.25, 0.3) is 0 Å². The van der Waals surface area contributed by atoms with Crippen molar-refractivity contribution in [3.63, 3.8) is 0 Å². The fourth-order valence-electron chi connectivity index (χ4n) is 9.15. The molecule has 0 unspecified atom stereocenters. The van der Waals surface area contributed by atoms with E-state index in [9.17, 15) is 0 Å². The van der Waals surface area contributed by atoms with Gasteiger partial charge in [0.15, 0.2) is 0 Å². The Labute approximate surface area is 334 Å². The van der Waals surface area contributed by atoms with Gasteiger partial charge < -0.3 is 0 Å². The van der Waals surface area contributed by atoms with Crippen LogP contribution in [-0.2, 0) is 37.1 Å². The Morgan fingerprint density at radius 3 is 0.443 bits per heavy atom. The predicted octanol–water partition coefficient (Wildman–Crippen LogP) is 12.3. The minimum atomic E-state index is -9.97. The Morgan fingerprint density at radius 2 is 0.328 bits per heavy atom. The minimum absolute atomic E-state index is 0. The summed E-state index contributed by atoms with van der Waals surface area (Å²) in [5.41, 5.74) is -14.8. The van der Waals surface area contributed by atoms with E-state index in [1.807, 2.05) is 0 Å². The number of rotatable bonds is 6. The van der Waals surface area contributed by atoms with E-state index in [4.69, 9.17) is 0 Å². The van der Waals surface area contributed by atoms with Crippen molar-refractivity contribution in [2.45, 2.75) is 37.1 Å². The molecule has 324 valence electrons. The van der Waals surface area contributed by atoms with Gasteiger partial charge in [-0.05, 0) is 0 Å². The van der Waals surface area contributed by atoms with Crippen LogP contribution < -0.4 is 31.8 Å². The first kappa shape index (κ1) is 45.0. The van der Waals surface area contributed by atoms with Crippen LogP contribution in [0, 0.1) is 0 Å². The normalized spacial score (nSPS) is 14.7. The van der Waals surface area contributed by atoms with E-state index in [1.165, 1.54) is 0 Å². The van der Waals surface area contributed by atoms with Crippen LogP contribution in [0.5, 0.6) is 0 Å². The Bertz CT molecular complexity index is 2150. The molecule has 0 nitrogen and oxygen atoms in total. The summed E-state index contributed by atoms with van der Waals surface area (Å²) in [6, 6.07) is 5.61. The van der Waals surface area contributed by atoms with E-state index < -0.39 is 108 Å². The van der Waals surface area contributed by atoms with Gasteiger partial charge >= 0.3 is 334 Å². The molecule has 6 aromatic carbocycles. The first-order valence-corrected chi connectivity index (χ1v) is 19.9. The van der Waals surface area contributed by atoms with Gasteiger partial charge in [0.1, 0.15) is 0 Å². The fourth-order valence-corrected chi connectivity index (χ4v) is 20.6. The van der Waals surface area contributed by atoms with E-state index in [1.54, 1.807) is 0 Å². The second-order valence-corrected chi connectivity index (χ2v) is 20.0. The summed E-state index contributed by atoms with van der Waals surface area (Å²) in [7, 11) is 0. The number of halogens is 18. The van der Waals surface area contributed by atoms with Gasteiger partial charge in [-0.25, -0.2) is 0 Å². The molecule has 0 fully saturated rings. The molecule has 0 bridgehead atoms. The molecule has 0 atom stereocenters. The largest absolute Gasteiger partial charge is 1.00 e. The Morgan fingerprint density at radius 1 is 0.213 bits per heavy atom. The van der Waals surface area contributed by atoms with Crippen LogP contribution in [0.3, 0.4) is 0 Å². The van der Waals surface area contributed by atoms with Crippen molar-refractivity contribution in [3.05, 3.63) is 179 Å². The molecule has 0 saturated carbocycles. The summed E-state index contributed by atoms with van der Waals surface area (Å²) in [5, 5.41) is -13.3. The van der Waals surface area contributed by atoms with Crippen molar-refractivity contribution in [1.82, 2.24) is 0 Å². The number of hydrogen-bond acceptors (Lipinski definition) is 0.